The smallest absolute Gasteiger partial charge is 0.336 e. The number of hydrogen-bond donors (Lipinski definition) is 4. The van der Waals surface area contributed by atoms with Crippen molar-refractivity contribution in [2.24, 2.45) is 22.7 Å². The van der Waals surface area contributed by atoms with Crippen LogP contribution < -0.4 is 0 Å². The monoisotopic (exact) mass is 564 g/mol. The molecule has 0 aromatic rings. The van der Waals surface area contributed by atoms with E-state index in [0.717, 1.165) is 5.57 Å². The van der Waals surface area contributed by atoms with Crippen molar-refractivity contribution in [2.75, 3.05) is 6.61 Å². The summed E-state index contributed by atoms with van der Waals surface area (Å²) in [7, 11) is 0. The molecule has 224 valence electrons. The topological polar surface area (TPSA) is 160 Å². The molecule has 0 aromatic heterocycles. The van der Waals surface area contributed by atoms with Crippen molar-refractivity contribution in [2.45, 2.75) is 116 Å². The van der Waals surface area contributed by atoms with E-state index in [2.05, 4.69) is 0 Å². The van der Waals surface area contributed by atoms with E-state index in [1.54, 1.807) is 40.7 Å². The maximum atomic E-state index is 14.1. The number of ether oxygens (including phenoxy) is 3. The highest BCUT2D eigenvalue weighted by atomic mass is 16.6. The second kappa shape index (κ2) is 10.0. The molecule has 0 radical (unpaired) electrons. The third-order valence-electron chi connectivity index (χ3n) is 10.3. The summed E-state index contributed by atoms with van der Waals surface area (Å²) in [6, 6.07) is 0. The molecule has 0 amide bonds. The second-order valence-corrected chi connectivity index (χ2v) is 13.3. The Morgan fingerprint density at radius 1 is 1.12 bits per heavy atom. The summed E-state index contributed by atoms with van der Waals surface area (Å²) in [5.41, 5.74) is -4.34. The lowest BCUT2D eigenvalue weighted by Crippen LogP contribution is -2.80. The highest BCUT2D eigenvalue weighted by molar-refractivity contribution is 5.89. The Kier molecular flexibility index (Phi) is 7.72. The molecule has 4 aliphatic rings. The van der Waals surface area contributed by atoms with Crippen LogP contribution in [0, 0.1) is 22.7 Å². The van der Waals surface area contributed by atoms with Crippen molar-refractivity contribution >= 4 is 17.7 Å². The van der Waals surface area contributed by atoms with Gasteiger partial charge in [0.05, 0.1) is 24.2 Å². The minimum absolute atomic E-state index is 0.0177. The zero-order chi connectivity index (χ0) is 30.2. The normalized spacial score (nSPS) is 41.7. The maximum Gasteiger partial charge on any atom is 0.336 e. The summed E-state index contributed by atoms with van der Waals surface area (Å²) in [5, 5.41) is 46.4. The molecule has 1 aliphatic heterocycles. The molecule has 2 bridgehead atoms. The van der Waals surface area contributed by atoms with Gasteiger partial charge in [-0.1, -0.05) is 38.0 Å². The number of fused-ring (bicyclic) bond motifs is 5. The van der Waals surface area contributed by atoms with Crippen LogP contribution in [0.25, 0.3) is 0 Å². The Bertz CT molecular complexity index is 1150. The van der Waals surface area contributed by atoms with Crippen LogP contribution in [0.5, 0.6) is 0 Å². The molecule has 0 spiro atoms. The lowest BCUT2D eigenvalue weighted by molar-refractivity contribution is -0.344. The molecule has 1 saturated heterocycles. The van der Waals surface area contributed by atoms with E-state index in [9.17, 15) is 34.8 Å². The van der Waals surface area contributed by atoms with Gasteiger partial charge in [0.1, 0.15) is 29.2 Å². The fourth-order valence-electron chi connectivity index (χ4n) is 7.66. The number of carbonyl (C=O) groups excluding carboxylic acids is 3. The van der Waals surface area contributed by atoms with Crippen LogP contribution in [0.1, 0.15) is 74.7 Å². The molecule has 2 saturated carbocycles. The van der Waals surface area contributed by atoms with E-state index < -0.39 is 76.3 Å². The van der Waals surface area contributed by atoms with Crippen LogP contribution in [-0.4, -0.2) is 86.5 Å². The SMILES string of the molecule is CC(=O)O[C@H]1[C@@H]2[C@]3(O)CO[C@@H]3C[C@H](O)[C@@]2(C)C(=O)CC2=C(C)C(OC(=O)[C@H](O)[C@@H](C)C=C(C)C)C[C@]1(O)C2(C)C. The Morgan fingerprint density at radius 2 is 1.75 bits per heavy atom. The Labute approximate surface area is 235 Å². The molecule has 0 aromatic carbocycles. The van der Waals surface area contributed by atoms with Gasteiger partial charge in [-0.3, -0.25) is 9.59 Å². The average molecular weight is 565 g/mol. The van der Waals surface area contributed by atoms with Crippen molar-refractivity contribution < 1.29 is 49.0 Å². The molecule has 3 fully saturated rings. The first-order valence-electron chi connectivity index (χ1n) is 14.0. The summed E-state index contributed by atoms with van der Waals surface area (Å²) in [6.07, 6.45) is -4.62. The van der Waals surface area contributed by atoms with Crippen molar-refractivity contribution in [1.29, 1.82) is 0 Å². The van der Waals surface area contributed by atoms with Gasteiger partial charge in [0.25, 0.3) is 0 Å². The van der Waals surface area contributed by atoms with Gasteiger partial charge in [0.2, 0.25) is 0 Å². The van der Waals surface area contributed by atoms with E-state index >= 15 is 0 Å². The second-order valence-electron chi connectivity index (χ2n) is 13.3. The first-order valence-corrected chi connectivity index (χ1v) is 14.0. The number of carbonyl (C=O) groups is 3. The number of esters is 2. The van der Waals surface area contributed by atoms with E-state index in [4.69, 9.17) is 14.2 Å². The fourth-order valence-corrected chi connectivity index (χ4v) is 7.66. The number of aliphatic hydroxyl groups excluding tert-OH is 2. The number of ketones is 1. The van der Waals surface area contributed by atoms with Gasteiger partial charge in [-0.15, -0.1) is 0 Å². The Morgan fingerprint density at radius 3 is 2.27 bits per heavy atom. The highest BCUT2D eigenvalue weighted by Crippen LogP contribution is 2.63. The maximum absolute atomic E-state index is 14.1. The van der Waals surface area contributed by atoms with E-state index in [0.29, 0.717) is 11.1 Å². The molecule has 10 atom stereocenters. The number of Topliss-reactive ketones (excluding diaryl/α,β-unsaturated/α-hetero) is 1. The number of rotatable bonds is 5. The fraction of sp³-hybridized carbons (Fsp3) is 0.767. The standard InChI is InChI=1S/C30H44O10/c1-14(2)9-15(3)23(34)26(35)40-19-12-30(37)25(39-17(5)31)24-28(8,21(33)11-22-29(24,36)13-38-22)20(32)10-18(16(19)4)27(30,6)7/h9,15,19,21-25,33-34,36-37H,10-13H2,1-8H3/t15-,19?,21-,22+,23+,24-,25-,28+,29-,30+/m0/s1. The average Bonchev–Trinajstić information content (AvgIpc) is 2.84. The zero-order valence-electron chi connectivity index (χ0n) is 24.7. The highest BCUT2D eigenvalue weighted by Gasteiger charge is 2.75. The van der Waals surface area contributed by atoms with Crippen LogP contribution in [0.3, 0.4) is 0 Å². The first-order chi connectivity index (χ1) is 18.3. The Hall–Kier alpha value is -2.11. The molecule has 4 rings (SSSR count). The van der Waals surface area contributed by atoms with Crippen molar-refractivity contribution in [3.63, 3.8) is 0 Å². The van der Waals surface area contributed by atoms with Crippen LogP contribution in [0.2, 0.25) is 0 Å². The van der Waals surface area contributed by atoms with Crippen LogP contribution in [0.15, 0.2) is 22.8 Å². The molecule has 10 heteroatoms. The molecular weight excluding hydrogens is 520 g/mol. The third kappa shape index (κ3) is 4.38. The van der Waals surface area contributed by atoms with Gasteiger partial charge in [0, 0.05) is 43.4 Å². The van der Waals surface area contributed by atoms with E-state index in [1.165, 1.54) is 6.92 Å². The molecule has 4 N–H and O–H groups in total. The summed E-state index contributed by atoms with van der Waals surface area (Å²) in [4.78, 5) is 39.7. The van der Waals surface area contributed by atoms with Gasteiger partial charge in [-0.2, -0.15) is 0 Å². The minimum Gasteiger partial charge on any atom is -0.459 e. The Balaban J connectivity index is 1.87. The molecular formula is C30H44O10. The quantitative estimate of drug-likeness (QED) is 0.286. The van der Waals surface area contributed by atoms with E-state index in [1.807, 2.05) is 13.8 Å². The number of hydrogen-bond acceptors (Lipinski definition) is 10. The summed E-state index contributed by atoms with van der Waals surface area (Å²) >= 11 is 0. The van der Waals surface area contributed by atoms with Crippen molar-refractivity contribution in [3.8, 4) is 0 Å². The molecule has 10 nitrogen and oxygen atoms in total. The minimum atomic E-state index is -1.94. The number of aliphatic hydroxyl groups is 4. The van der Waals surface area contributed by atoms with Gasteiger partial charge < -0.3 is 34.6 Å². The summed E-state index contributed by atoms with van der Waals surface area (Å²) < 4.78 is 17.2. The van der Waals surface area contributed by atoms with Crippen LogP contribution in [0.4, 0.5) is 0 Å². The van der Waals surface area contributed by atoms with Gasteiger partial charge in [0.15, 0.2) is 6.10 Å². The van der Waals surface area contributed by atoms with Gasteiger partial charge in [-0.25, -0.2) is 4.79 Å². The summed E-state index contributed by atoms with van der Waals surface area (Å²) in [6.45, 7) is 13.2. The van der Waals surface area contributed by atoms with Crippen LogP contribution in [-0.2, 0) is 28.6 Å². The molecule has 3 aliphatic carbocycles. The van der Waals surface area contributed by atoms with Gasteiger partial charge >= 0.3 is 11.9 Å². The number of allylic oxidation sites excluding steroid dienone is 1. The molecule has 1 heterocycles. The third-order valence-corrected chi connectivity index (χ3v) is 10.3. The van der Waals surface area contributed by atoms with Crippen molar-refractivity contribution in [3.05, 3.63) is 22.8 Å². The zero-order valence-corrected chi connectivity index (χ0v) is 24.7. The lowest BCUT2D eigenvalue weighted by atomic mass is 9.45. The summed E-state index contributed by atoms with van der Waals surface area (Å²) in [5.74, 6) is -3.73. The lowest BCUT2D eigenvalue weighted by Gasteiger charge is -2.66. The van der Waals surface area contributed by atoms with E-state index in [-0.39, 0.29) is 31.7 Å². The van der Waals surface area contributed by atoms with Crippen LogP contribution >= 0.6 is 0 Å². The predicted octanol–water partition coefficient (Wildman–Crippen LogP) is 1.76. The first kappa shape index (κ1) is 30.8. The largest absolute Gasteiger partial charge is 0.459 e. The molecule has 40 heavy (non-hydrogen) atoms. The predicted molar refractivity (Wildman–Crippen MR) is 143 cm³/mol. The van der Waals surface area contributed by atoms with Crippen molar-refractivity contribution in [1.82, 2.24) is 0 Å². The molecule has 1 unspecified atom stereocenters. The van der Waals surface area contributed by atoms with Gasteiger partial charge in [-0.05, 0) is 33.3 Å².